The Labute approximate surface area is 250 Å². The van der Waals surface area contributed by atoms with E-state index in [2.05, 4.69) is 26.0 Å². The Kier molecular flexibility index (Phi) is 48.6. The molecule has 0 radical (unpaired) electrons. The highest BCUT2D eigenvalue weighted by Gasteiger charge is 1.96. The summed E-state index contributed by atoms with van der Waals surface area (Å²) in [7, 11) is 0. The van der Waals surface area contributed by atoms with Crippen molar-refractivity contribution in [3.05, 3.63) is 12.2 Å². The molecule has 0 saturated heterocycles. The van der Waals surface area contributed by atoms with Gasteiger partial charge in [-0.2, -0.15) is 0 Å². The second-order valence-electron chi connectivity index (χ2n) is 10.3. The molecule has 0 heterocycles. The molecule has 9 heteroatoms. The second kappa shape index (κ2) is 42.9. The molecule has 0 fully saturated rings. The van der Waals surface area contributed by atoms with Crippen LogP contribution in [0, 0.1) is 0 Å². The maximum Gasteiger partial charge on any atom is 0.303 e. The van der Waals surface area contributed by atoms with E-state index < -0.39 is 24.1 Å². The van der Waals surface area contributed by atoms with Crippen LogP contribution in [0.3, 0.4) is 0 Å². The molecule has 0 aromatic carbocycles. The van der Waals surface area contributed by atoms with Crippen molar-refractivity contribution in [1.82, 2.24) is 0 Å². The summed E-state index contributed by atoms with van der Waals surface area (Å²) in [5.74, 6) is -1.33. The van der Waals surface area contributed by atoms with Crippen LogP contribution in [0.1, 0.15) is 149 Å². The maximum absolute atomic E-state index is 10.3. The smallest absolute Gasteiger partial charge is 0.303 e. The number of aliphatic hydroxyl groups is 5. The normalized spacial score (nSPS) is 11.1. The van der Waals surface area contributed by atoms with Crippen LogP contribution in [0.5, 0.6) is 0 Å². The Morgan fingerprint density at radius 1 is 0.537 bits per heavy atom. The molecule has 41 heavy (non-hydrogen) atoms. The minimum absolute atomic E-state index is 0.139. The minimum Gasteiger partial charge on any atom is -0.481 e. The lowest BCUT2D eigenvalue weighted by atomic mass is 10.1. The van der Waals surface area contributed by atoms with E-state index in [0.717, 1.165) is 25.7 Å². The molecule has 1 atom stereocenters. The van der Waals surface area contributed by atoms with Gasteiger partial charge in [-0.05, 0) is 45.4 Å². The monoisotopic (exact) mass is 594 g/mol. The molecule has 0 aromatic rings. The van der Waals surface area contributed by atoms with E-state index in [1.807, 2.05) is 0 Å². The SMILES string of the molecule is CC(O)CO.CCCCCCCC(=O)O.CCCCCCCC/C=C\CCCCCCCC(=O)O.OCC(O)CO. The van der Waals surface area contributed by atoms with Gasteiger partial charge in [0, 0.05) is 12.8 Å². The molecular formula is C32H66O9. The quantitative estimate of drug-likeness (QED) is 0.0504. The van der Waals surface area contributed by atoms with Crippen LogP contribution in [0.4, 0.5) is 0 Å². The lowest BCUT2D eigenvalue weighted by Crippen LogP contribution is -2.15. The molecule has 0 amide bonds. The van der Waals surface area contributed by atoms with Crippen molar-refractivity contribution in [2.24, 2.45) is 0 Å². The van der Waals surface area contributed by atoms with Crippen LogP contribution < -0.4 is 0 Å². The Hall–Kier alpha value is -1.52. The molecule has 0 bridgehead atoms. The zero-order valence-corrected chi connectivity index (χ0v) is 26.5. The third-order valence-electron chi connectivity index (χ3n) is 5.83. The molecule has 1 unspecified atom stereocenters. The number of unbranched alkanes of at least 4 members (excludes halogenated alkanes) is 15. The first-order valence-electron chi connectivity index (χ1n) is 15.9. The predicted octanol–water partition coefficient (Wildman–Crippen LogP) is 6.23. The molecule has 0 aliphatic rings. The summed E-state index contributed by atoms with van der Waals surface area (Å²) < 4.78 is 0. The van der Waals surface area contributed by atoms with Gasteiger partial charge in [0.05, 0.1) is 25.9 Å². The molecule has 0 spiro atoms. The minimum atomic E-state index is -0.954. The van der Waals surface area contributed by atoms with E-state index in [0.29, 0.717) is 12.8 Å². The molecule has 0 aromatic heterocycles. The Morgan fingerprint density at radius 3 is 1.07 bits per heavy atom. The lowest BCUT2D eigenvalue weighted by Gasteiger charge is -1.99. The zero-order chi connectivity index (χ0) is 32.0. The van der Waals surface area contributed by atoms with Crippen molar-refractivity contribution in [1.29, 1.82) is 0 Å². The summed E-state index contributed by atoms with van der Waals surface area (Å²) in [5.41, 5.74) is 0. The van der Waals surface area contributed by atoms with E-state index in [1.165, 1.54) is 96.8 Å². The van der Waals surface area contributed by atoms with Gasteiger partial charge in [0.1, 0.15) is 6.10 Å². The fourth-order valence-electron chi connectivity index (χ4n) is 3.28. The number of carboxylic acid groups (broad SMARTS) is 2. The van der Waals surface area contributed by atoms with Crippen molar-refractivity contribution in [3.63, 3.8) is 0 Å². The van der Waals surface area contributed by atoms with Gasteiger partial charge in [-0.15, -0.1) is 0 Å². The van der Waals surface area contributed by atoms with E-state index >= 15 is 0 Å². The summed E-state index contributed by atoms with van der Waals surface area (Å²) in [6.07, 6.45) is 25.6. The van der Waals surface area contributed by atoms with E-state index in [-0.39, 0.29) is 19.8 Å². The van der Waals surface area contributed by atoms with Gasteiger partial charge >= 0.3 is 11.9 Å². The van der Waals surface area contributed by atoms with E-state index in [1.54, 1.807) is 0 Å². The van der Waals surface area contributed by atoms with Gasteiger partial charge in [0.2, 0.25) is 0 Å². The summed E-state index contributed by atoms with van der Waals surface area (Å²) in [4.78, 5) is 20.4. The number of aliphatic hydroxyl groups excluding tert-OH is 5. The van der Waals surface area contributed by atoms with Crippen molar-refractivity contribution in [3.8, 4) is 0 Å². The van der Waals surface area contributed by atoms with Crippen LogP contribution in [-0.2, 0) is 9.59 Å². The predicted molar refractivity (Wildman–Crippen MR) is 167 cm³/mol. The number of allylic oxidation sites excluding steroid dienone is 2. The molecule has 0 aliphatic heterocycles. The van der Waals surface area contributed by atoms with Crippen molar-refractivity contribution >= 4 is 11.9 Å². The number of carbonyl (C=O) groups is 2. The Bertz CT molecular complexity index is 521. The fraction of sp³-hybridized carbons (Fsp3) is 0.875. The summed E-state index contributed by atoms with van der Waals surface area (Å²) >= 11 is 0. The molecule has 0 saturated carbocycles. The number of carboxylic acids is 2. The summed E-state index contributed by atoms with van der Waals surface area (Å²) in [6, 6.07) is 0. The number of hydrogen-bond acceptors (Lipinski definition) is 7. The fourth-order valence-corrected chi connectivity index (χ4v) is 3.28. The van der Waals surface area contributed by atoms with E-state index in [9.17, 15) is 9.59 Å². The third kappa shape index (κ3) is 63.1. The number of aliphatic carboxylic acids is 2. The summed E-state index contributed by atoms with van der Waals surface area (Å²) in [6.45, 7) is 5.07. The van der Waals surface area contributed by atoms with Gasteiger partial charge < -0.3 is 35.7 Å². The first-order chi connectivity index (χ1) is 19.6. The Morgan fingerprint density at radius 2 is 0.829 bits per heavy atom. The molecule has 0 rings (SSSR count). The second-order valence-corrected chi connectivity index (χ2v) is 10.3. The average Bonchev–Trinajstić information content (AvgIpc) is 2.95. The van der Waals surface area contributed by atoms with Crippen molar-refractivity contribution in [2.75, 3.05) is 19.8 Å². The molecule has 7 N–H and O–H groups in total. The molecular weight excluding hydrogens is 528 g/mol. The van der Waals surface area contributed by atoms with Crippen LogP contribution in [-0.4, -0.2) is 79.7 Å². The molecule has 0 aliphatic carbocycles. The maximum atomic E-state index is 10.3. The van der Waals surface area contributed by atoms with Crippen LogP contribution in [0.2, 0.25) is 0 Å². The molecule has 9 nitrogen and oxygen atoms in total. The zero-order valence-electron chi connectivity index (χ0n) is 26.5. The highest BCUT2D eigenvalue weighted by atomic mass is 16.4. The standard InChI is InChI=1S/C18H34O2.C8H16O2.C3H8O3.C3H8O2/c1-2-3-4-5-6-7-8-9-10-11-12-13-14-15-16-17-18(19)20;1-2-3-4-5-6-7-8(9)10;4-1-3(6)2-5;1-3(5)2-4/h9-10H,2-8,11-17H2,1H3,(H,19,20);2-7H2,1H3,(H,9,10);3-6H,1-2H2;3-5H,2H2,1H3/b10-9-;;;. The van der Waals surface area contributed by atoms with Gasteiger partial charge in [0.25, 0.3) is 0 Å². The van der Waals surface area contributed by atoms with Crippen molar-refractivity contribution in [2.45, 2.75) is 161 Å². The van der Waals surface area contributed by atoms with Crippen LogP contribution >= 0.6 is 0 Å². The van der Waals surface area contributed by atoms with Gasteiger partial charge in [-0.1, -0.05) is 103 Å². The first kappa shape index (κ1) is 46.4. The summed E-state index contributed by atoms with van der Waals surface area (Å²) in [5, 5.41) is 56.8. The van der Waals surface area contributed by atoms with Crippen LogP contribution in [0.15, 0.2) is 12.2 Å². The van der Waals surface area contributed by atoms with E-state index in [4.69, 9.17) is 35.7 Å². The van der Waals surface area contributed by atoms with Gasteiger partial charge in [-0.3, -0.25) is 9.59 Å². The third-order valence-corrected chi connectivity index (χ3v) is 5.83. The van der Waals surface area contributed by atoms with Crippen molar-refractivity contribution < 1.29 is 45.3 Å². The number of hydrogen-bond donors (Lipinski definition) is 7. The van der Waals surface area contributed by atoms with Gasteiger partial charge in [-0.25, -0.2) is 0 Å². The first-order valence-corrected chi connectivity index (χ1v) is 15.9. The van der Waals surface area contributed by atoms with Gasteiger partial charge in [0.15, 0.2) is 0 Å². The average molecular weight is 595 g/mol. The Balaban J connectivity index is -0.000000268. The molecule has 248 valence electrons. The van der Waals surface area contributed by atoms with Crippen LogP contribution in [0.25, 0.3) is 0 Å². The topological polar surface area (TPSA) is 176 Å². The largest absolute Gasteiger partial charge is 0.481 e. The lowest BCUT2D eigenvalue weighted by molar-refractivity contribution is -0.138. The number of rotatable bonds is 24. The highest BCUT2D eigenvalue weighted by molar-refractivity contribution is 5.66. The highest BCUT2D eigenvalue weighted by Crippen LogP contribution is 2.10.